The Morgan fingerprint density at radius 2 is 1.61 bits per heavy atom. The first-order chi connectivity index (χ1) is 15.8. The van der Waals surface area contributed by atoms with Crippen molar-refractivity contribution in [2.75, 3.05) is 44.2 Å². The fraction of sp³-hybridized carbons (Fsp3) is 0.318. The summed E-state index contributed by atoms with van der Waals surface area (Å²) in [7, 11) is 0. The van der Waals surface area contributed by atoms with Gasteiger partial charge in [0.1, 0.15) is 5.82 Å². The van der Waals surface area contributed by atoms with E-state index in [-0.39, 0.29) is 12.2 Å². The molecule has 0 atom stereocenters. The third-order valence-corrected chi connectivity index (χ3v) is 5.43. The molecule has 1 fully saturated rings. The van der Waals surface area contributed by atoms with Gasteiger partial charge in [-0.1, -0.05) is 23.4 Å². The molecule has 2 heterocycles. The van der Waals surface area contributed by atoms with Crippen molar-refractivity contribution in [1.82, 2.24) is 25.2 Å². The molecule has 0 spiro atoms. The van der Waals surface area contributed by atoms with Crippen molar-refractivity contribution in [2.45, 2.75) is 6.18 Å². The molecule has 0 unspecified atom stereocenters. The third-order valence-electron chi connectivity index (χ3n) is 5.43. The number of hydrogen-bond acceptors (Lipinski definition) is 5. The van der Waals surface area contributed by atoms with E-state index >= 15 is 0 Å². The highest BCUT2D eigenvalue weighted by molar-refractivity contribution is 5.93. The topological polar surface area (TPSA) is 66.3 Å². The van der Waals surface area contributed by atoms with Crippen LogP contribution in [0.4, 0.5) is 23.2 Å². The van der Waals surface area contributed by atoms with Crippen LogP contribution in [0.25, 0.3) is 5.69 Å². The van der Waals surface area contributed by atoms with Gasteiger partial charge < -0.3 is 10.2 Å². The monoisotopic (exact) mass is 462 g/mol. The second-order valence-corrected chi connectivity index (χ2v) is 7.59. The molecule has 1 aliphatic rings. The van der Waals surface area contributed by atoms with Crippen molar-refractivity contribution in [3.8, 4) is 5.69 Å². The van der Waals surface area contributed by atoms with Crippen LogP contribution >= 0.6 is 0 Å². The number of anilines is 1. The number of para-hydroxylation sites is 1. The number of halogens is 4. The summed E-state index contributed by atoms with van der Waals surface area (Å²) in [5.41, 5.74) is -1.02. The number of carbonyl (C=O) groups excluding carboxylic acids is 1. The van der Waals surface area contributed by atoms with Gasteiger partial charge in [-0.15, -0.1) is 5.10 Å². The molecular weight excluding hydrogens is 440 g/mol. The predicted octanol–water partition coefficient (Wildman–Crippen LogP) is 2.98. The Hall–Kier alpha value is -3.47. The lowest BCUT2D eigenvalue weighted by Gasteiger charge is -2.36. The van der Waals surface area contributed by atoms with Gasteiger partial charge in [0.05, 0.1) is 5.69 Å². The van der Waals surface area contributed by atoms with Crippen LogP contribution in [0.3, 0.4) is 0 Å². The maximum atomic E-state index is 13.7. The number of piperazine rings is 1. The molecule has 2 aromatic carbocycles. The van der Waals surface area contributed by atoms with E-state index in [0.29, 0.717) is 11.2 Å². The summed E-state index contributed by atoms with van der Waals surface area (Å²) in [6.45, 7) is 3.87. The van der Waals surface area contributed by atoms with Crippen molar-refractivity contribution < 1.29 is 22.4 Å². The molecule has 174 valence electrons. The largest absolute Gasteiger partial charge is 0.435 e. The van der Waals surface area contributed by atoms with Gasteiger partial charge in [0, 0.05) is 45.0 Å². The molecule has 33 heavy (non-hydrogen) atoms. The lowest BCUT2D eigenvalue weighted by atomic mass is 10.2. The van der Waals surface area contributed by atoms with E-state index in [1.807, 2.05) is 30.3 Å². The molecule has 1 amide bonds. The number of nitrogens with one attached hydrogen (secondary N) is 1. The van der Waals surface area contributed by atoms with E-state index in [2.05, 4.69) is 25.4 Å². The summed E-state index contributed by atoms with van der Waals surface area (Å²) in [6.07, 6.45) is -4.88. The van der Waals surface area contributed by atoms with Crippen LogP contribution in [0.2, 0.25) is 0 Å². The molecule has 1 aromatic heterocycles. The first-order valence-electron chi connectivity index (χ1n) is 10.4. The average molecular weight is 462 g/mol. The predicted molar refractivity (Wildman–Crippen MR) is 114 cm³/mol. The van der Waals surface area contributed by atoms with Gasteiger partial charge in [-0.3, -0.25) is 9.69 Å². The van der Waals surface area contributed by atoms with Crippen LogP contribution < -0.4 is 10.2 Å². The fourth-order valence-electron chi connectivity index (χ4n) is 3.73. The maximum absolute atomic E-state index is 13.7. The number of nitrogens with zero attached hydrogens (tertiary/aromatic N) is 5. The molecule has 0 aliphatic carbocycles. The van der Waals surface area contributed by atoms with Gasteiger partial charge in [0.2, 0.25) is 0 Å². The van der Waals surface area contributed by atoms with E-state index in [0.717, 1.165) is 56.1 Å². The van der Waals surface area contributed by atoms with Gasteiger partial charge in [-0.2, -0.15) is 13.2 Å². The molecular formula is C22H22F4N6O. The molecule has 3 aromatic rings. The molecule has 0 radical (unpaired) electrons. The second-order valence-electron chi connectivity index (χ2n) is 7.59. The Labute approximate surface area is 187 Å². The zero-order valence-corrected chi connectivity index (χ0v) is 17.6. The first kappa shape index (κ1) is 22.7. The third kappa shape index (κ3) is 5.30. The van der Waals surface area contributed by atoms with Crippen LogP contribution in [0.1, 0.15) is 16.2 Å². The number of amides is 1. The zero-order chi connectivity index (χ0) is 23.4. The second kappa shape index (κ2) is 9.57. The summed E-state index contributed by atoms with van der Waals surface area (Å²) in [5, 5.41) is 9.45. The number of benzene rings is 2. The van der Waals surface area contributed by atoms with Crippen LogP contribution in [0.5, 0.6) is 0 Å². The molecule has 0 saturated carbocycles. The van der Waals surface area contributed by atoms with Gasteiger partial charge >= 0.3 is 6.18 Å². The minimum Gasteiger partial charge on any atom is -0.369 e. The summed E-state index contributed by atoms with van der Waals surface area (Å²) in [5.74, 6) is -1.56. The highest BCUT2D eigenvalue weighted by Crippen LogP contribution is 2.32. The summed E-state index contributed by atoms with van der Waals surface area (Å²) >= 11 is 0. The van der Waals surface area contributed by atoms with Gasteiger partial charge in [0.25, 0.3) is 5.91 Å². The van der Waals surface area contributed by atoms with E-state index in [9.17, 15) is 22.4 Å². The first-order valence-corrected chi connectivity index (χ1v) is 10.4. The van der Waals surface area contributed by atoms with E-state index in [1.165, 1.54) is 0 Å². The highest BCUT2D eigenvalue weighted by Gasteiger charge is 2.42. The van der Waals surface area contributed by atoms with Gasteiger partial charge in [-0.05, 0) is 36.4 Å². The Morgan fingerprint density at radius 1 is 0.939 bits per heavy atom. The number of aromatic nitrogens is 3. The quantitative estimate of drug-likeness (QED) is 0.571. The van der Waals surface area contributed by atoms with E-state index in [1.54, 1.807) is 0 Å². The van der Waals surface area contributed by atoms with E-state index < -0.39 is 29.3 Å². The van der Waals surface area contributed by atoms with Crippen molar-refractivity contribution in [1.29, 1.82) is 0 Å². The van der Waals surface area contributed by atoms with E-state index in [4.69, 9.17) is 0 Å². The normalized spacial score (nSPS) is 15.0. The van der Waals surface area contributed by atoms with Gasteiger partial charge in [-0.25, -0.2) is 9.07 Å². The lowest BCUT2D eigenvalue weighted by Crippen LogP contribution is -2.48. The van der Waals surface area contributed by atoms with Gasteiger partial charge in [0.15, 0.2) is 11.4 Å². The number of alkyl halides is 3. The lowest BCUT2D eigenvalue weighted by molar-refractivity contribution is -0.143. The summed E-state index contributed by atoms with van der Waals surface area (Å²) in [6, 6.07) is 14.3. The van der Waals surface area contributed by atoms with Crippen molar-refractivity contribution in [2.24, 2.45) is 0 Å². The summed E-state index contributed by atoms with van der Waals surface area (Å²) in [4.78, 5) is 16.9. The number of hydrogen-bond donors (Lipinski definition) is 1. The standard InChI is InChI=1S/C22H22F4N6O/c23-16-6-8-18(9-7-16)32-20(22(24,25)26)19(28-29-32)21(33)27-10-11-30-12-14-31(15-13-30)17-4-2-1-3-5-17/h1-9H,10-15H2,(H,27,33). The molecule has 1 N–H and O–H groups in total. The Morgan fingerprint density at radius 3 is 2.24 bits per heavy atom. The Kier molecular flexibility index (Phi) is 6.59. The molecule has 0 bridgehead atoms. The maximum Gasteiger partial charge on any atom is 0.435 e. The fourth-order valence-corrected chi connectivity index (χ4v) is 3.73. The van der Waals surface area contributed by atoms with Crippen molar-refractivity contribution >= 4 is 11.6 Å². The van der Waals surface area contributed by atoms with Crippen LogP contribution in [0, 0.1) is 5.82 Å². The van der Waals surface area contributed by atoms with Crippen molar-refractivity contribution in [3.63, 3.8) is 0 Å². The smallest absolute Gasteiger partial charge is 0.369 e. The minimum atomic E-state index is -4.88. The SMILES string of the molecule is O=C(NCCN1CCN(c2ccccc2)CC1)c1nnn(-c2ccc(F)cc2)c1C(F)(F)F. The Bertz CT molecular complexity index is 1080. The molecule has 11 heteroatoms. The average Bonchev–Trinajstić information content (AvgIpc) is 3.27. The van der Waals surface area contributed by atoms with Crippen LogP contribution in [0.15, 0.2) is 54.6 Å². The molecule has 1 saturated heterocycles. The highest BCUT2D eigenvalue weighted by atomic mass is 19.4. The molecule has 4 rings (SSSR count). The molecule has 7 nitrogen and oxygen atoms in total. The number of carbonyl (C=O) groups is 1. The Balaban J connectivity index is 1.36. The summed E-state index contributed by atoms with van der Waals surface area (Å²) < 4.78 is 54.7. The molecule has 1 aliphatic heterocycles. The minimum absolute atomic E-state index is 0.0495. The number of rotatable bonds is 6. The van der Waals surface area contributed by atoms with Crippen LogP contribution in [-0.4, -0.2) is 65.1 Å². The van der Waals surface area contributed by atoms with Crippen LogP contribution in [-0.2, 0) is 6.18 Å². The van der Waals surface area contributed by atoms with Crippen molar-refractivity contribution in [3.05, 3.63) is 71.8 Å². The zero-order valence-electron chi connectivity index (χ0n) is 17.6.